The SMILES string of the molecule is Cc1ccc(C(=O)NN=Cc2ccc(C(=O)O)cc2)cc1Cl. The average Bonchev–Trinajstić information content (AvgIpc) is 2.50. The number of amides is 1. The Labute approximate surface area is 132 Å². The molecule has 0 aliphatic heterocycles. The molecule has 0 radical (unpaired) electrons. The monoisotopic (exact) mass is 316 g/mol. The molecule has 0 atom stereocenters. The van der Waals surface area contributed by atoms with Gasteiger partial charge in [0.15, 0.2) is 0 Å². The molecular formula is C16H13ClN2O3. The molecule has 2 aromatic rings. The van der Waals surface area contributed by atoms with Crippen LogP contribution >= 0.6 is 11.6 Å². The fourth-order valence-corrected chi connectivity index (χ4v) is 1.86. The van der Waals surface area contributed by atoms with Crippen LogP contribution in [0.3, 0.4) is 0 Å². The molecule has 5 nitrogen and oxygen atoms in total. The largest absolute Gasteiger partial charge is 0.478 e. The Morgan fingerprint density at radius 2 is 1.77 bits per heavy atom. The van der Waals surface area contributed by atoms with Gasteiger partial charge in [0.25, 0.3) is 5.91 Å². The lowest BCUT2D eigenvalue weighted by Crippen LogP contribution is -2.17. The van der Waals surface area contributed by atoms with E-state index < -0.39 is 5.97 Å². The number of aromatic carboxylic acids is 1. The van der Waals surface area contributed by atoms with E-state index in [4.69, 9.17) is 16.7 Å². The summed E-state index contributed by atoms with van der Waals surface area (Å²) in [5, 5.41) is 13.1. The van der Waals surface area contributed by atoms with E-state index in [1.807, 2.05) is 6.92 Å². The van der Waals surface area contributed by atoms with Gasteiger partial charge in [0.05, 0.1) is 11.8 Å². The van der Waals surface area contributed by atoms with Crippen LogP contribution < -0.4 is 5.43 Å². The van der Waals surface area contributed by atoms with Crippen LogP contribution in [0, 0.1) is 6.92 Å². The molecule has 0 aromatic heterocycles. The van der Waals surface area contributed by atoms with Crippen molar-refractivity contribution in [1.29, 1.82) is 0 Å². The van der Waals surface area contributed by atoms with Crippen LogP contribution in [0.5, 0.6) is 0 Å². The molecule has 0 saturated carbocycles. The summed E-state index contributed by atoms with van der Waals surface area (Å²) < 4.78 is 0. The number of hydrazone groups is 1. The summed E-state index contributed by atoms with van der Waals surface area (Å²) in [4.78, 5) is 22.6. The molecule has 0 unspecified atom stereocenters. The number of carbonyl (C=O) groups is 2. The average molecular weight is 317 g/mol. The van der Waals surface area contributed by atoms with Crippen molar-refractivity contribution in [2.24, 2.45) is 5.10 Å². The molecule has 0 heterocycles. The molecule has 0 bridgehead atoms. The third kappa shape index (κ3) is 3.93. The molecule has 0 fully saturated rings. The molecule has 112 valence electrons. The van der Waals surface area contributed by atoms with E-state index in [0.29, 0.717) is 16.1 Å². The van der Waals surface area contributed by atoms with Crippen molar-refractivity contribution < 1.29 is 14.7 Å². The van der Waals surface area contributed by atoms with Gasteiger partial charge in [-0.25, -0.2) is 10.2 Å². The summed E-state index contributed by atoms with van der Waals surface area (Å²) in [6, 6.07) is 11.1. The van der Waals surface area contributed by atoms with Crippen LogP contribution in [0.1, 0.15) is 31.8 Å². The lowest BCUT2D eigenvalue weighted by atomic mass is 10.1. The fraction of sp³-hybridized carbons (Fsp3) is 0.0625. The summed E-state index contributed by atoms with van der Waals surface area (Å²) in [6.07, 6.45) is 1.43. The Balaban J connectivity index is 2.00. The lowest BCUT2D eigenvalue weighted by molar-refractivity contribution is 0.0696. The maximum absolute atomic E-state index is 11.9. The van der Waals surface area contributed by atoms with Crippen molar-refractivity contribution in [2.45, 2.75) is 6.92 Å². The summed E-state index contributed by atoms with van der Waals surface area (Å²) in [6.45, 7) is 1.85. The summed E-state index contributed by atoms with van der Waals surface area (Å²) in [5.41, 5.74) is 4.55. The van der Waals surface area contributed by atoms with E-state index in [1.54, 1.807) is 30.3 Å². The van der Waals surface area contributed by atoms with Gasteiger partial charge in [0, 0.05) is 10.6 Å². The van der Waals surface area contributed by atoms with Crippen molar-refractivity contribution in [1.82, 2.24) is 5.43 Å². The van der Waals surface area contributed by atoms with Crippen LogP contribution in [-0.4, -0.2) is 23.2 Å². The molecular weight excluding hydrogens is 304 g/mol. The molecule has 22 heavy (non-hydrogen) atoms. The van der Waals surface area contributed by atoms with Gasteiger partial charge in [0.2, 0.25) is 0 Å². The Kier molecular flexibility index (Phi) is 4.91. The standard InChI is InChI=1S/C16H13ClN2O3/c1-10-2-5-13(8-14(10)17)15(20)19-18-9-11-3-6-12(7-4-11)16(21)22/h2-9H,1H3,(H,19,20)(H,21,22). The molecule has 1 amide bonds. The zero-order valence-electron chi connectivity index (χ0n) is 11.7. The maximum atomic E-state index is 11.9. The first-order valence-electron chi connectivity index (χ1n) is 6.40. The Bertz CT molecular complexity index is 740. The van der Waals surface area contributed by atoms with Crippen molar-refractivity contribution in [3.8, 4) is 0 Å². The van der Waals surface area contributed by atoms with Crippen molar-refractivity contribution >= 4 is 29.7 Å². The Hall–Kier alpha value is -2.66. The number of benzene rings is 2. The van der Waals surface area contributed by atoms with Crippen LogP contribution in [0.15, 0.2) is 47.6 Å². The highest BCUT2D eigenvalue weighted by molar-refractivity contribution is 6.31. The van der Waals surface area contributed by atoms with E-state index in [9.17, 15) is 9.59 Å². The third-order valence-corrected chi connectivity index (χ3v) is 3.38. The van der Waals surface area contributed by atoms with E-state index in [1.165, 1.54) is 18.3 Å². The van der Waals surface area contributed by atoms with Crippen molar-refractivity contribution in [3.63, 3.8) is 0 Å². The number of carbonyl (C=O) groups excluding carboxylic acids is 1. The highest BCUT2D eigenvalue weighted by Gasteiger charge is 2.06. The first-order chi connectivity index (χ1) is 10.5. The van der Waals surface area contributed by atoms with E-state index in [0.717, 1.165) is 5.56 Å². The number of rotatable bonds is 4. The van der Waals surface area contributed by atoms with Crippen LogP contribution in [0.4, 0.5) is 0 Å². The first-order valence-corrected chi connectivity index (χ1v) is 6.78. The lowest BCUT2D eigenvalue weighted by Gasteiger charge is -2.02. The van der Waals surface area contributed by atoms with E-state index in [2.05, 4.69) is 10.5 Å². The highest BCUT2D eigenvalue weighted by Crippen LogP contribution is 2.16. The quantitative estimate of drug-likeness (QED) is 0.672. The smallest absolute Gasteiger partial charge is 0.335 e. The molecule has 2 N–H and O–H groups in total. The predicted molar refractivity (Wildman–Crippen MR) is 84.7 cm³/mol. The molecule has 6 heteroatoms. The molecule has 0 saturated heterocycles. The molecule has 0 aliphatic carbocycles. The number of halogens is 1. The van der Waals surface area contributed by atoms with E-state index >= 15 is 0 Å². The van der Waals surface area contributed by atoms with Gasteiger partial charge in [-0.3, -0.25) is 4.79 Å². The fourth-order valence-electron chi connectivity index (χ4n) is 1.68. The number of hydrogen-bond acceptors (Lipinski definition) is 3. The second-order valence-electron chi connectivity index (χ2n) is 4.59. The van der Waals surface area contributed by atoms with Gasteiger partial charge in [-0.05, 0) is 42.3 Å². The van der Waals surface area contributed by atoms with Gasteiger partial charge in [-0.2, -0.15) is 5.10 Å². The minimum Gasteiger partial charge on any atom is -0.478 e. The molecule has 2 aromatic carbocycles. The topological polar surface area (TPSA) is 78.8 Å². The first kappa shape index (κ1) is 15.7. The van der Waals surface area contributed by atoms with Gasteiger partial charge >= 0.3 is 5.97 Å². The van der Waals surface area contributed by atoms with Gasteiger partial charge in [0.1, 0.15) is 0 Å². The Morgan fingerprint density at radius 1 is 1.14 bits per heavy atom. The third-order valence-electron chi connectivity index (χ3n) is 2.97. The van der Waals surface area contributed by atoms with Gasteiger partial charge in [-0.15, -0.1) is 0 Å². The zero-order chi connectivity index (χ0) is 16.1. The zero-order valence-corrected chi connectivity index (χ0v) is 12.5. The van der Waals surface area contributed by atoms with E-state index in [-0.39, 0.29) is 11.5 Å². The van der Waals surface area contributed by atoms with Crippen LogP contribution in [0.25, 0.3) is 0 Å². The Morgan fingerprint density at radius 3 is 2.36 bits per heavy atom. The number of hydrogen-bond donors (Lipinski definition) is 2. The predicted octanol–water partition coefficient (Wildman–Crippen LogP) is 3.11. The summed E-state index contributed by atoms with van der Waals surface area (Å²) >= 11 is 5.96. The minimum atomic E-state index is -0.993. The van der Waals surface area contributed by atoms with Gasteiger partial charge < -0.3 is 5.11 Å². The second kappa shape index (κ2) is 6.87. The number of nitrogens with one attached hydrogen (secondary N) is 1. The minimum absolute atomic E-state index is 0.190. The second-order valence-corrected chi connectivity index (χ2v) is 5.00. The molecule has 0 spiro atoms. The molecule has 0 aliphatic rings. The number of carboxylic acid groups (broad SMARTS) is 1. The highest BCUT2D eigenvalue weighted by atomic mass is 35.5. The van der Waals surface area contributed by atoms with Crippen molar-refractivity contribution in [2.75, 3.05) is 0 Å². The normalized spacial score (nSPS) is 10.6. The van der Waals surface area contributed by atoms with Crippen LogP contribution in [0.2, 0.25) is 5.02 Å². The summed E-state index contributed by atoms with van der Waals surface area (Å²) in [7, 11) is 0. The van der Waals surface area contributed by atoms with Crippen LogP contribution in [-0.2, 0) is 0 Å². The van der Waals surface area contributed by atoms with Gasteiger partial charge in [-0.1, -0.05) is 29.8 Å². The summed E-state index contributed by atoms with van der Waals surface area (Å²) in [5.74, 6) is -1.37. The molecule has 2 rings (SSSR count). The number of nitrogens with zero attached hydrogens (tertiary/aromatic N) is 1. The number of carboxylic acids is 1. The van der Waals surface area contributed by atoms with Crippen molar-refractivity contribution in [3.05, 3.63) is 69.7 Å². The number of aryl methyl sites for hydroxylation is 1. The maximum Gasteiger partial charge on any atom is 0.335 e.